The van der Waals surface area contributed by atoms with E-state index in [2.05, 4.69) is 4.74 Å². The lowest BCUT2D eigenvalue weighted by atomic mass is 10.4. The quantitative estimate of drug-likeness (QED) is 0.525. The van der Waals surface area contributed by atoms with Gasteiger partial charge in [0.25, 0.3) is 0 Å². The molecule has 9 heavy (non-hydrogen) atoms. The molecule has 1 rings (SSSR count). The van der Waals surface area contributed by atoms with Crippen LogP contribution in [0.4, 0.5) is 4.39 Å². The van der Waals surface area contributed by atoms with E-state index in [1.165, 1.54) is 7.11 Å². The molecule has 0 spiro atoms. The van der Waals surface area contributed by atoms with Gasteiger partial charge in [-0.3, -0.25) is 0 Å². The second kappa shape index (κ2) is 1.59. The van der Waals surface area contributed by atoms with Gasteiger partial charge in [0.05, 0.1) is 6.07 Å². The molecule has 50 valence electrons. The summed E-state index contributed by atoms with van der Waals surface area (Å²) in [7, 11) is 1.20. The summed E-state index contributed by atoms with van der Waals surface area (Å²) in [5.74, 6) is -1.90. The lowest BCUT2D eigenvalue weighted by Gasteiger charge is -2.02. The Kier molecular flexibility index (Phi) is 1.20. The molecule has 0 amide bonds. The van der Waals surface area contributed by atoms with Crippen LogP contribution in [0.1, 0.15) is 6.42 Å². The molecule has 2 unspecified atom stereocenters. The second-order valence-corrected chi connectivity index (χ2v) is 2.67. The van der Waals surface area contributed by atoms with Crippen molar-refractivity contribution in [1.82, 2.24) is 0 Å². The van der Waals surface area contributed by atoms with E-state index in [-0.39, 0.29) is 6.42 Å². The number of nitriles is 1. The van der Waals surface area contributed by atoms with Crippen molar-refractivity contribution in [3.8, 4) is 6.07 Å². The molecule has 1 aliphatic carbocycles. The summed E-state index contributed by atoms with van der Waals surface area (Å²) in [4.78, 5) is -1.41. The van der Waals surface area contributed by atoms with Crippen LogP contribution in [0.15, 0.2) is 0 Å². The van der Waals surface area contributed by atoms with Crippen molar-refractivity contribution in [2.24, 2.45) is 0 Å². The minimum absolute atomic E-state index is 0.0332. The summed E-state index contributed by atoms with van der Waals surface area (Å²) in [6.07, 6.45) is -0.0332. The maximum Gasteiger partial charge on any atom is 0.244 e. The number of hydrogen-bond donors (Lipinski definition) is 0. The summed E-state index contributed by atoms with van der Waals surface area (Å²) < 4.78 is 17.0. The molecule has 2 nitrogen and oxygen atoms in total. The molecule has 0 aromatic heterocycles. The first kappa shape index (κ1) is 6.79. The van der Waals surface area contributed by atoms with Gasteiger partial charge in [0, 0.05) is 13.5 Å². The van der Waals surface area contributed by atoms with Gasteiger partial charge in [-0.2, -0.15) is 5.26 Å². The highest BCUT2D eigenvalue weighted by Gasteiger charge is 2.71. The van der Waals surface area contributed by atoms with E-state index in [1.54, 1.807) is 6.07 Å². The van der Waals surface area contributed by atoms with Crippen LogP contribution in [0, 0.1) is 11.3 Å². The molecule has 0 aliphatic heterocycles. The molecule has 0 bridgehead atoms. The Balaban J connectivity index is 2.68. The largest absolute Gasteiger partial charge is 0.347 e. The first-order valence-corrected chi connectivity index (χ1v) is 2.80. The van der Waals surface area contributed by atoms with Gasteiger partial charge in [0.15, 0.2) is 4.87 Å². The van der Waals surface area contributed by atoms with Crippen LogP contribution >= 0.6 is 11.6 Å². The fraction of sp³-hybridized carbons (Fsp3) is 0.800. The van der Waals surface area contributed by atoms with Crippen molar-refractivity contribution in [1.29, 1.82) is 5.26 Å². The molecule has 4 heteroatoms. The van der Waals surface area contributed by atoms with Crippen molar-refractivity contribution in [2.45, 2.75) is 17.1 Å². The van der Waals surface area contributed by atoms with Crippen molar-refractivity contribution in [2.75, 3.05) is 7.11 Å². The normalized spacial score (nSPS) is 48.2. The lowest BCUT2D eigenvalue weighted by Crippen LogP contribution is -2.15. The molecule has 0 radical (unpaired) electrons. The third-order valence-corrected chi connectivity index (χ3v) is 1.94. The van der Waals surface area contributed by atoms with Crippen molar-refractivity contribution < 1.29 is 9.13 Å². The van der Waals surface area contributed by atoms with Gasteiger partial charge >= 0.3 is 0 Å². The maximum atomic E-state index is 12.7. The molecule has 1 saturated carbocycles. The second-order valence-electron chi connectivity index (χ2n) is 2.02. The van der Waals surface area contributed by atoms with Crippen LogP contribution in [0.25, 0.3) is 0 Å². The van der Waals surface area contributed by atoms with Gasteiger partial charge in [-0.1, -0.05) is 11.6 Å². The zero-order valence-electron chi connectivity index (χ0n) is 4.82. The SMILES string of the molecule is COC1(F)CC1(Cl)C#N. The Morgan fingerprint density at radius 1 is 1.89 bits per heavy atom. The number of hydrogen-bond acceptors (Lipinski definition) is 2. The standard InChI is InChI=1S/C5H5ClFNO/c1-9-5(7)2-4(5,6)3-8/h2H2,1H3. The van der Waals surface area contributed by atoms with Gasteiger partial charge in [-0.05, 0) is 0 Å². The van der Waals surface area contributed by atoms with Crippen LogP contribution in [-0.4, -0.2) is 17.8 Å². The number of nitrogens with zero attached hydrogens (tertiary/aromatic N) is 1. The van der Waals surface area contributed by atoms with Gasteiger partial charge in [-0.25, -0.2) is 4.39 Å². The molecule has 0 saturated heterocycles. The monoisotopic (exact) mass is 149 g/mol. The molecule has 0 heterocycles. The Hall–Kier alpha value is -0.330. The smallest absolute Gasteiger partial charge is 0.244 e. The van der Waals surface area contributed by atoms with Crippen molar-refractivity contribution >= 4 is 11.6 Å². The Morgan fingerprint density at radius 3 is 2.56 bits per heavy atom. The van der Waals surface area contributed by atoms with Crippen LogP contribution in [0.2, 0.25) is 0 Å². The third kappa shape index (κ3) is 0.707. The van der Waals surface area contributed by atoms with Crippen LogP contribution in [0.5, 0.6) is 0 Å². The van der Waals surface area contributed by atoms with Gasteiger partial charge < -0.3 is 4.74 Å². The fourth-order valence-corrected chi connectivity index (χ4v) is 0.875. The number of alkyl halides is 2. The van der Waals surface area contributed by atoms with E-state index in [9.17, 15) is 4.39 Å². The van der Waals surface area contributed by atoms with Crippen LogP contribution in [-0.2, 0) is 4.74 Å². The Morgan fingerprint density at radius 2 is 2.44 bits per heavy atom. The molecule has 1 aliphatic rings. The van der Waals surface area contributed by atoms with E-state index < -0.39 is 10.7 Å². The molecular formula is C5H5ClFNO. The maximum absolute atomic E-state index is 12.7. The zero-order valence-corrected chi connectivity index (χ0v) is 5.57. The first-order valence-electron chi connectivity index (χ1n) is 2.42. The van der Waals surface area contributed by atoms with E-state index in [1.807, 2.05) is 0 Å². The van der Waals surface area contributed by atoms with Gasteiger partial charge in [0.1, 0.15) is 0 Å². The van der Waals surface area contributed by atoms with Crippen molar-refractivity contribution in [3.05, 3.63) is 0 Å². The minimum Gasteiger partial charge on any atom is -0.347 e. The van der Waals surface area contributed by atoms with E-state index in [0.29, 0.717) is 0 Å². The summed E-state index contributed by atoms with van der Waals surface area (Å²) >= 11 is 5.37. The minimum atomic E-state index is -1.90. The molecule has 0 aromatic carbocycles. The Labute approximate surface area is 57.2 Å². The van der Waals surface area contributed by atoms with E-state index in [4.69, 9.17) is 16.9 Å². The number of halogens is 2. The summed E-state index contributed by atoms with van der Waals surface area (Å²) in [6, 6.07) is 1.62. The Bertz CT molecular complexity index is 180. The van der Waals surface area contributed by atoms with Crippen LogP contribution in [0.3, 0.4) is 0 Å². The summed E-state index contributed by atoms with van der Waals surface area (Å²) in [5, 5.41) is 8.23. The number of rotatable bonds is 1. The molecule has 0 N–H and O–H groups in total. The number of ether oxygens (including phenoxy) is 1. The first-order chi connectivity index (χ1) is 4.08. The summed E-state index contributed by atoms with van der Waals surface area (Å²) in [5.41, 5.74) is 0. The average molecular weight is 150 g/mol. The van der Waals surface area contributed by atoms with Crippen LogP contribution < -0.4 is 0 Å². The average Bonchev–Trinajstić information content (AvgIpc) is 2.39. The lowest BCUT2D eigenvalue weighted by molar-refractivity contribution is -0.0355. The van der Waals surface area contributed by atoms with Gasteiger partial charge in [-0.15, -0.1) is 0 Å². The van der Waals surface area contributed by atoms with Gasteiger partial charge in [0.2, 0.25) is 5.85 Å². The molecular weight excluding hydrogens is 145 g/mol. The molecule has 1 fully saturated rings. The van der Waals surface area contributed by atoms with E-state index in [0.717, 1.165) is 0 Å². The fourth-order valence-electron chi connectivity index (χ4n) is 0.626. The predicted molar refractivity (Wildman–Crippen MR) is 29.7 cm³/mol. The number of methoxy groups -OCH3 is 1. The topological polar surface area (TPSA) is 33.0 Å². The third-order valence-electron chi connectivity index (χ3n) is 1.44. The molecule has 2 atom stereocenters. The predicted octanol–water partition coefficient (Wildman–Crippen LogP) is 1.20. The highest BCUT2D eigenvalue weighted by atomic mass is 35.5. The highest BCUT2D eigenvalue weighted by Crippen LogP contribution is 2.56. The highest BCUT2D eigenvalue weighted by molar-refractivity contribution is 6.29. The molecule has 0 aromatic rings. The van der Waals surface area contributed by atoms with E-state index >= 15 is 0 Å². The summed E-state index contributed by atoms with van der Waals surface area (Å²) in [6.45, 7) is 0. The van der Waals surface area contributed by atoms with Crippen molar-refractivity contribution in [3.63, 3.8) is 0 Å². The zero-order chi connectivity index (χ0) is 7.12.